The zero-order valence-corrected chi connectivity index (χ0v) is 18.6. The lowest BCUT2D eigenvalue weighted by molar-refractivity contribution is 0.340. The van der Waals surface area contributed by atoms with Gasteiger partial charge >= 0.3 is 0 Å². The number of fused-ring (bicyclic) bond motifs is 1. The highest BCUT2D eigenvalue weighted by Gasteiger charge is 2.28. The van der Waals surface area contributed by atoms with Crippen LogP contribution in [0.4, 0.5) is 5.69 Å². The van der Waals surface area contributed by atoms with Crippen molar-refractivity contribution >= 4 is 26.4 Å². The van der Waals surface area contributed by atoms with E-state index in [1.54, 1.807) is 12.1 Å². The average Bonchev–Trinajstić information content (AvgIpc) is 2.75. The number of aryl methyl sites for hydroxylation is 2. The first-order valence-electron chi connectivity index (χ1n) is 10.5. The topological polar surface area (TPSA) is 59.5 Å². The van der Waals surface area contributed by atoms with Crippen LogP contribution in [0.15, 0.2) is 52.4 Å². The molecule has 0 unspecified atom stereocenters. The van der Waals surface area contributed by atoms with E-state index in [0.717, 1.165) is 59.4 Å². The quantitative estimate of drug-likeness (QED) is 0.572. The van der Waals surface area contributed by atoms with Crippen LogP contribution in [-0.4, -0.2) is 33.1 Å². The summed E-state index contributed by atoms with van der Waals surface area (Å²) in [7, 11) is -3.72. The van der Waals surface area contributed by atoms with Gasteiger partial charge in [-0.05, 0) is 81.5 Å². The second kappa shape index (κ2) is 8.26. The van der Waals surface area contributed by atoms with Gasteiger partial charge in [0, 0.05) is 24.7 Å². The first kappa shape index (κ1) is 20.7. The van der Waals surface area contributed by atoms with Crippen molar-refractivity contribution in [2.75, 3.05) is 24.6 Å². The van der Waals surface area contributed by atoms with E-state index in [4.69, 9.17) is 4.74 Å². The van der Waals surface area contributed by atoms with Crippen molar-refractivity contribution < 1.29 is 13.2 Å². The van der Waals surface area contributed by atoms with Crippen LogP contribution in [0, 0.1) is 13.8 Å². The minimum atomic E-state index is -3.72. The molecule has 0 spiro atoms. The summed E-state index contributed by atoms with van der Waals surface area (Å²) < 4.78 is 33.1. The molecule has 4 rings (SSSR count). The highest BCUT2D eigenvalue weighted by atomic mass is 32.2. The standard InChI is InChI=1S/C24H28N2O3S/c1-4-29-19-9-11-22-21(15-19)24(26-12-6-5-7-13-26)23(16-25-22)30(27,28)20-10-8-17(2)18(3)14-20/h8-11,14-16H,4-7,12-13H2,1-3H3. The summed E-state index contributed by atoms with van der Waals surface area (Å²) in [5.74, 6) is 0.728. The van der Waals surface area contributed by atoms with Gasteiger partial charge in [0.1, 0.15) is 10.6 Å². The van der Waals surface area contributed by atoms with E-state index >= 15 is 0 Å². The lowest BCUT2D eigenvalue weighted by Crippen LogP contribution is -2.31. The molecule has 0 bridgehead atoms. The highest BCUT2D eigenvalue weighted by Crippen LogP contribution is 2.38. The minimum absolute atomic E-state index is 0.272. The smallest absolute Gasteiger partial charge is 0.210 e. The first-order chi connectivity index (χ1) is 14.4. The van der Waals surface area contributed by atoms with E-state index in [-0.39, 0.29) is 4.90 Å². The van der Waals surface area contributed by atoms with Crippen molar-refractivity contribution in [1.82, 2.24) is 4.98 Å². The van der Waals surface area contributed by atoms with Crippen LogP contribution >= 0.6 is 0 Å². The molecule has 158 valence electrons. The van der Waals surface area contributed by atoms with Crippen molar-refractivity contribution in [3.63, 3.8) is 0 Å². The van der Waals surface area contributed by atoms with Crippen LogP contribution in [0.5, 0.6) is 5.75 Å². The molecule has 0 amide bonds. The lowest BCUT2D eigenvalue weighted by Gasteiger charge is -2.31. The molecule has 1 aliphatic heterocycles. The summed E-state index contributed by atoms with van der Waals surface area (Å²) >= 11 is 0. The van der Waals surface area contributed by atoms with Crippen molar-refractivity contribution in [3.8, 4) is 5.75 Å². The molecule has 3 aromatic rings. The van der Waals surface area contributed by atoms with Gasteiger partial charge in [-0.25, -0.2) is 8.42 Å². The van der Waals surface area contributed by atoms with E-state index in [1.165, 1.54) is 12.6 Å². The monoisotopic (exact) mass is 424 g/mol. The number of benzene rings is 2. The molecule has 1 aliphatic rings. The molecule has 1 aromatic heterocycles. The molecule has 2 heterocycles. The Hall–Kier alpha value is -2.60. The Labute approximate surface area is 178 Å². The molecule has 0 N–H and O–H groups in total. The average molecular weight is 425 g/mol. The third-order valence-corrected chi connectivity index (χ3v) is 7.59. The summed E-state index contributed by atoms with van der Waals surface area (Å²) in [5.41, 5.74) is 3.56. The highest BCUT2D eigenvalue weighted by molar-refractivity contribution is 7.91. The van der Waals surface area contributed by atoms with Crippen LogP contribution in [0.3, 0.4) is 0 Å². The summed E-state index contributed by atoms with van der Waals surface area (Å²) in [6.07, 6.45) is 4.80. The van der Waals surface area contributed by atoms with Crippen molar-refractivity contribution in [2.24, 2.45) is 0 Å². The Balaban J connectivity index is 1.96. The van der Waals surface area contributed by atoms with Gasteiger partial charge in [0.2, 0.25) is 9.84 Å². The largest absolute Gasteiger partial charge is 0.494 e. The molecular formula is C24H28N2O3S. The number of nitrogens with zero attached hydrogens (tertiary/aromatic N) is 2. The number of ether oxygens (including phenoxy) is 1. The molecule has 1 fully saturated rings. The predicted octanol–water partition coefficient (Wildman–Crippen LogP) is 5.07. The van der Waals surface area contributed by atoms with Crippen LogP contribution in [-0.2, 0) is 9.84 Å². The number of anilines is 1. The van der Waals surface area contributed by atoms with Gasteiger partial charge in [-0.3, -0.25) is 4.98 Å². The number of pyridine rings is 1. The normalized spacial score (nSPS) is 14.8. The summed E-state index contributed by atoms with van der Waals surface area (Å²) in [6.45, 7) is 8.10. The van der Waals surface area contributed by atoms with Crippen LogP contribution in [0.1, 0.15) is 37.3 Å². The fraction of sp³-hybridized carbons (Fsp3) is 0.375. The lowest BCUT2D eigenvalue weighted by atomic mass is 10.1. The summed E-state index contributed by atoms with van der Waals surface area (Å²) in [5, 5.41) is 0.827. The molecular weight excluding hydrogens is 396 g/mol. The number of piperidine rings is 1. The molecule has 0 aliphatic carbocycles. The van der Waals surface area contributed by atoms with E-state index in [0.29, 0.717) is 11.5 Å². The second-order valence-corrected chi connectivity index (χ2v) is 9.80. The SMILES string of the molecule is CCOc1ccc2ncc(S(=O)(=O)c3ccc(C)c(C)c3)c(N3CCCCC3)c2c1. The molecule has 0 radical (unpaired) electrons. The van der Waals surface area contributed by atoms with E-state index < -0.39 is 9.84 Å². The maximum atomic E-state index is 13.7. The molecule has 5 nitrogen and oxygen atoms in total. The van der Waals surface area contributed by atoms with Crippen LogP contribution in [0.2, 0.25) is 0 Å². The predicted molar refractivity (Wildman–Crippen MR) is 120 cm³/mol. The Kier molecular flexibility index (Phi) is 5.69. The number of sulfone groups is 1. The van der Waals surface area contributed by atoms with Gasteiger partial charge < -0.3 is 9.64 Å². The zero-order chi connectivity index (χ0) is 21.3. The van der Waals surface area contributed by atoms with Gasteiger partial charge in [0.05, 0.1) is 22.7 Å². The van der Waals surface area contributed by atoms with Gasteiger partial charge in [-0.1, -0.05) is 6.07 Å². The molecule has 6 heteroatoms. The molecule has 0 saturated carbocycles. The molecule has 1 saturated heterocycles. The minimum Gasteiger partial charge on any atom is -0.494 e. The molecule has 2 aromatic carbocycles. The third kappa shape index (κ3) is 3.76. The fourth-order valence-electron chi connectivity index (χ4n) is 4.04. The van der Waals surface area contributed by atoms with Gasteiger partial charge in [0.15, 0.2) is 0 Å². The van der Waals surface area contributed by atoms with Gasteiger partial charge in [0.25, 0.3) is 0 Å². The Morgan fingerprint density at radius 2 is 1.77 bits per heavy atom. The van der Waals surface area contributed by atoms with Gasteiger partial charge in [-0.2, -0.15) is 0 Å². The Morgan fingerprint density at radius 3 is 2.47 bits per heavy atom. The fourth-order valence-corrected chi connectivity index (χ4v) is 5.56. The maximum Gasteiger partial charge on any atom is 0.210 e. The van der Waals surface area contributed by atoms with Crippen molar-refractivity contribution in [3.05, 3.63) is 53.7 Å². The number of rotatable bonds is 5. The summed E-state index contributed by atoms with van der Waals surface area (Å²) in [4.78, 5) is 7.30. The zero-order valence-electron chi connectivity index (χ0n) is 17.8. The van der Waals surface area contributed by atoms with E-state index in [1.807, 2.05) is 45.0 Å². The number of aromatic nitrogens is 1. The number of hydrogen-bond acceptors (Lipinski definition) is 5. The molecule has 30 heavy (non-hydrogen) atoms. The van der Waals surface area contributed by atoms with Crippen LogP contribution < -0.4 is 9.64 Å². The Bertz CT molecular complexity index is 1180. The van der Waals surface area contributed by atoms with Crippen LogP contribution in [0.25, 0.3) is 10.9 Å². The van der Waals surface area contributed by atoms with E-state index in [2.05, 4.69) is 9.88 Å². The van der Waals surface area contributed by atoms with E-state index in [9.17, 15) is 8.42 Å². The molecule has 0 atom stereocenters. The Morgan fingerprint density at radius 1 is 1.00 bits per heavy atom. The van der Waals surface area contributed by atoms with Gasteiger partial charge in [-0.15, -0.1) is 0 Å². The first-order valence-corrected chi connectivity index (χ1v) is 12.0. The van der Waals surface area contributed by atoms with Crippen molar-refractivity contribution in [1.29, 1.82) is 0 Å². The van der Waals surface area contributed by atoms with Crippen molar-refractivity contribution in [2.45, 2.75) is 49.8 Å². The second-order valence-electron chi connectivity index (χ2n) is 7.88. The number of hydrogen-bond donors (Lipinski definition) is 0. The maximum absolute atomic E-state index is 13.7. The summed E-state index contributed by atoms with van der Waals surface area (Å²) in [6, 6.07) is 11.0. The third-order valence-electron chi connectivity index (χ3n) is 5.84.